The molecule has 0 heterocycles. The van der Waals surface area contributed by atoms with Crippen LogP contribution in [0.3, 0.4) is 0 Å². The Hall–Kier alpha value is -2.34. The van der Waals surface area contributed by atoms with Crippen molar-refractivity contribution in [2.75, 3.05) is 16.7 Å². The van der Waals surface area contributed by atoms with E-state index in [0.29, 0.717) is 17.8 Å². The molecule has 2 rings (SSSR count). The van der Waals surface area contributed by atoms with E-state index in [1.54, 1.807) is 43.3 Å². The summed E-state index contributed by atoms with van der Waals surface area (Å²) in [4.78, 5) is 11.5. The first-order chi connectivity index (χ1) is 10.4. The fourth-order valence-corrected chi connectivity index (χ4v) is 3.09. The third-order valence-electron chi connectivity index (χ3n) is 3.24. The highest BCUT2D eigenvalue weighted by Gasteiger charge is 2.20. The number of hydrogen-bond donors (Lipinski definition) is 1. The lowest BCUT2D eigenvalue weighted by atomic mass is 10.3. The molecule has 6 heteroatoms. The van der Waals surface area contributed by atoms with Gasteiger partial charge in [-0.25, -0.2) is 8.42 Å². The molecule has 0 fully saturated rings. The molecule has 2 aromatic rings. The summed E-state index contributed by atoms with van der Waals surface area (Å²) in [5.41, 5.74) is 1.17. The fraction of sp³-hybridized carbons (Fsp3) is 0.188. The van der Waals surface area contributed by atoms with Crippen molar-refractivity contribution in [1.82, 2.24) is 0 Å². The van der Waals surface area contributed by atoms with E-state index in [0.717, 1.165) is 0 Å². The molecule has 0 aliphatic heterocycles. The van der Waals surface area contributed by atoms with Crippen LogP contribution in [0.2, 0.25) is 0 Å². The van der Waals surface area contributed by atoms with E-state index in [1.807, 2.05) is 6.07 Å². The molecule has 1 amide bonds. The van der Waals surface area contributed by atoms with E-state index < -0.39 is 10.0 Å². The van der Waals surface area contributed by atoms with Crippen LogP contribution in [0.5, 0.6) is 0 Å². The highest BCUT2D eigenvalue weighted by atomic mass is 32.2. The van der Waals surface area contributed by atoms with Crippen LogP contribution in [-0.2, 0) is 14.8 Å². The second-order valence-corrected chi connectivity index (χ2v) is 6.70. The van der Waals surface area contributed by atoms with Gasteiger partial charge in [-0.3, -0.25) is 9.10 Å². The minimum absolute atomic E-state index is 0.114. The number of carbonyl (C=O) groups is 1. The van der Waals surface area contributed by atoms with Crippen LogP contribution < -0.4 is 9.62 Å². The molecule has 0 atom stereocenters. The number of hydrogen-bond acceptors (Lipinski definition) is 3. The van der Waals surface area contributed by atoms with Gasteiger partial charge in [0.1, 0.15) is 0 Å². The minimum Gasteiger partial charge on any atom is -0.326 e. The average molecular weight is 318 g/mol. The number of nitrogens with one attached hydrogen (secondary N) is 1. The van der Waals surface area contributed by atoms with Crippen molar-refractivity contribution in [2.45, 2.75) is 18.2 Å². The molecular weight excluding hydrogens is 300 g/mol. The Morgan fingerprint density at radius 2 is 1.64 bits per heavy atom. The summed E-state index contributed by atoms with van der Waals surface area (Å²) in [7, 11) is -2.11. The van der Waals surface area contributed by atoms with Gasteiger partial charge >= 0.3 is 0 Å². The van der Waals surface area contributed by atoms with E-state index in [9.17, 15) is 13.2 Å². The number of carbonyl (C=O) groups excluding carboxylic acids is 1. The van der Waals surface area contributed by atoms with Crippen molar-refractivity contribution in [2.24, 2.45) is 0 Å². The number of amides is 1. The smallest absolute Gasteiger partial charge is 0.264 e. The van der Waals surface area contributed by atoms with Crippen LogP contribution in [0.1, 0.15) is 13.3 Å². The van der Waals surface area contributed by atoms with Gasteiger partial charge in [-0.05, 0) is 36.4 Å². The van der Waals surface area contributed by atoms with Crippen LogP contribution in [0, 0.1) is 0 Å². The number of sulfonamides is 1. The summed E-state index contributed by atoms with van der Waals surface area (Å²) < 4.78 is 26.4. The highest BCUT2D eigenvalue weighted by molar-refractivity contribution is 7.92. The number of benzene rings is 2. The zero-order valence-corrected chi connectivity index (χ0v) is 13.3. The topological polar surface area (TPSA) is 66.5 Å². The molecule has 0 unspecified atom stereocenters. The third-order valence-corrected chi connectivity index (χ3v) is 5.04. The maximum atomic E-state index is 12.6. The van der Waals surface area contributed by atoms with Gasteiger partial charge in [0.15, 0.2) is 0 Å². The summed E-state index contributed by atoms with van der Waals surface area (Å²) in [6, 6.07) is 15.0. The lowest BCUT2D eigenvalue weighted by Gasteiger charge is -2.19. The quantitative estimate of drug-likeness (QED) is 0.922. The van der Waals surface area contributed by atoms with Gasteiger partial charge in [-0.15, -0.1) is 0 Å². The van der Waals surface area contributed by atoms with E-state index in [-0.39, 0.29) is 10.8 Å². The van der Waals surface area contributed by atoms with Crippen LogP contribution in [0.25, 0.3) is 0 Å². The zero-order chi connectivity index (χ0) is 16.2. The van der Waals surface area contributed by atoms with Crippen molar-refractivity contribution in [3.05, 3.63) is 54.6 Å². The molecule has 1 N–H and O–H groups in total. The highest BCUT2D eigenvalue weighted by Crippen LogP contribution is 2.22. The molecule has 2 aromatic carbocycles. The first kappa shape index (κ1) is 16.0. The van der Waals surface area contributed by atoms with Gasteiger partial charge in [-0.1, -0.05) is 25.1 Å². The molecule has 0 bridgehead atoms. The molecule has 116 valence electrons. The Morgan fingerprint density at radius 1 is 1.05 bits per heavy atom. The Kier molecular flexibility index (Phi) is 4.82. The largest absolute Gasteiger partial charge is 0.326 e. The SMILES string of the molecule is CCC(=O)Nc1ccc(S(=O)(=O)N(C)c2ccccc2)cc1. The molecule has 0 spiro atoms. The van der Waals surface area contributed by atoms with Gasteiger partial charge in [-0.2, -0.15) is 0 Å². The van der Waals surface area contributed by atoms with Crippen LogP contribution in [0.15, 0.2) is 59.5 Å². The zero-order valence-electron chi connectivity index (χ0n) is 12.5. The number of rotatable bonds is 5. The van der Waals surface area contributed by atoms with Gasteiger partial charge in [0.2, 0.25) is 5.91 Å². The van der Waals surface area contributed by atoms with Crippen LogP contribution >= 0.6 is 0 Å². The molecular formula is C16H18N2O3S. The molecule has 0 aliphatic rings. The van der Waals surface area contributed by atoms with Gasteiger partial charge in [0, 0.05) is 19.2 Å². The summed E-state index contributed by atoms with van der Waals surface area (Å²) in [6.07, 6.45) is 0.372. The molecule has 0 saturated carbocycles. The van der Waals surface area contributed by atoms with E-state index in [1.165, 1.54) is 23.5 Å². The molecule has 0 aromatic heterocycles. The summed E-state index contributed by atoms with van der Waals surface area (Å²) in [5.74, 6) is -0.114. The number of anilines is 2. The van der Waals surface area contributed by atoms with Crippen molar-refractivity contribution >= 4 is 27.3 Å². The lowest BCUT2D eigenvalue weighted by Crippen LogP contribution is -2.26. The second-order valence-electron chi connectivity index (χ2n) is 4.73. The van der Waals surface area contributed by atoms with Gasteiger partial charge in [0.25, 0.3) is 10.0 Å². The first-order valence-corrected chi connectivity index (χ1v) is 8.33. The number of nitrogens with zero attached hydrogens (tertiary/aromatic N) is 1. The average Bonchev–Trinajstić information content (AvgIpc) is 2.55. The Bertz CT molecular complexity index is 741. The fourth-order valence-electron chi connectivity index (χ4n) is 1.89. The summed E-state index contributed by atoms with van der Waals surface area (Å²) >= 11 is 0. The van der Waals surface area contributed by atoms with Gasteiger partial charge in [0.05, 0.1) is 10.6 Å². The predicted molar refractivity (Wildman–Crippen MR) is 87.4 cm³/mol. The molecule has 5 nitrogen and oxygen atoms in total. The van der Waals surface area contributed by atoms with Crippen LogP contribution in [0.4, 0.5) is 11.4 Å². The Labute approximate surface area is 130 Å². The first-order valence-electron chi connectivity index (χ1n) is 6.89. The standard InChI is InChI=1S/C16H18N2O3S/c1-3-16(19)17-13-9-11-15(12-10-13)22(20,21)18(2)14-7-5-4-6-8-14/h4-12H,3H2,1-2H3,(H,17,19). The third kappa shape index (κ3) is 3.46. The summed E-state index contributed by atoms with van der Waals surface area (Å²) in [5, 5.41) is 2.68. The summed E-state index contributed by atoms with van der Waals surface area (Å²) in [6.45, 7) is 1.75. The maximum Gasteiger partial charge on any atom is 0.264 e. The Balaban J connectivity index is 2.25. The van der Waals surface area contributed by atoms with Crippen molar-refractivity contribution in [1.29, 1.82) is 0 Å². The van der Waals surface area contributed by atoms with E-state index >= 15 is 0 Å². The molecule has 0 saturated heterocycles. The normalized spacial score (nSPS) is 11.0. The van der Waals surface area contributed by atoms with Crippen molar-refractivity contribution < 1.29 is 13.2 Å². The second kappa shape index (κ2) is 6.62. The number of para-hydroxylation sites is 1. The van der Waals surface area contributed by atoms with Crippen LogP contribution in [-0.4, -0.2) is 21.4 Å². The molecule has 0 aliphatic carbocycles. The molecule has 22 heavy (non-hydrogen) atoms. The van der Waals surface area contributed by atoms with Gasteiger partial charge < -0.3 is 5.32 Å². The Morgan fingerprint density at radius 3 is 2.18 bits per heavy atom. The van der Waals surface area contributed by atoms with Crippen molar-refractivity contribution in [3.63, 3.8) is 0 Å². The predicted octanol–water partition coefficient (Wildman–Crippen LogP) is 2.86. The monoisotopic (exact) mass is 318 g/mol. The minimum atomic E-state index is -3.62. The van der Waals surface area contributed by atoms with E-state index in [2.05, 4.69) is 5.32 Å². The van der Waals surface area contributed by atoms with Crippen molar-refractivity contribution in [3.8, 4) is 0 Å². The lowest BCUT2D eigenvalue weighted by molar-refractivity contribution is -0.115. The van der Waals surface area contributed by atoms with E-state index in [4.69, 9.17) is 0 Å². The maximum absolute atomic E-state index is 12.6. The molecule has 0 radical (unpaired) electrons.